The van der Waals surface area contributed by atoms with Crippen LogP contribution < -0.4 is 0 Å². The summed E-state index contributed by atoms with van der Waals surface area (Å²) in [7, 11) is 0. The number of rotatable bonds is 24. The Hall–Kier alpha value is -1.32. The van der Waals surface area contributed by atoms with Gasteiger partial charge in [-0.1, -0.05) is 109 Å². The Bertz CT molecular complexity index is 445. The number of unbranched alkanes of at least 4 members (excludes halogenated alkanes) is 14. The SMILES string of the molecule is CC/C=C/CCOC(=O)CCCCC(=O)OCCCCCCCCCCCCCCCC. The van der Waals surface area contributed by atoms with Crippen molar-refractivity contribution in [1.29, 1.82) is 0 Å². The number of hydrogen-bond donors (Lipinski definition) is 0. The van der Waals surface area contributed by atoms with Crippen molar-refractivity contribution in [1.82, 2.24) is 0 Å². The maximum atomic E-state index is 11.7. The Balaban J connectivity index is 3.26. The summed E-state index contributed by atoms with van der Waals surface area (Å²) in [6, 6.07) is 0. The lowest BCUT2D eigenvalue weighted by atomic mass is 10.0. The highest BCUT2D eigenvalue weighted by Crippen LogP contribution is 2.13. The van der Waals surface area contributed by atoms with Gasteiger partial charge in [-0.3, -0.25) is 9.59 Å². The number of hydrogen-bond acceptors (Lipinski definition) is 4. The second-order valence-electron chi connectivity index (χ2n) is 8.91. The predicted molar refractivity (Wildman–Crippen MR) is 135 cm³/mol. The fraction of sp³-hybridized carbons (Fsp3) is 0.857. The van der Waals surface area contributed by atoms with Crippen molar-refractivity contribution in [3.05, 3.63) is 12.2 Å². The molecule has 0 atom stereocenters. The molecule has 0 fully saturated rings. The number of esters is 2. The van der Waals surface area contributed by atoms with Crippen molar-refractivity contribution in [2.75, 3.05) is 13.2 Å². The van der Waals surface area contributed by atoms with Crippen LogP contribution in [0.1, 0.15) is 142 Å². The first-order valence-corrected chi connectivity index (χ1v) is 13.7. The number of carbonyl (C=O) groups is 2. The molecule has 0 aromatic carbocycles. The molecule has 0 aliphatic heterocycles. The van der Waals surface area contributed by atoms with E-state index in [1.54, 1.807) is 0 Å². The van der Waals surface area contributed by atoms with Gasteiger partial charge in [0.25, 0.3) is 0 Å². The summed E-state index contributed by atoms with van der Waals surface area (Å²) in [5.74, 6) is -0.316. The van der Waals surface area contributed by atoms with Crippen molar-refractivity contribution in [3.63, 3.8) is 0 Å². The molecule has 4 nitrogen and oxygen atoms in total. The maximum Gasteiger partial charge on any atom is 0.305 e. The third kappa shape index (κ3) is 24.9. The number of carbonyl (C=O) groups excluding carboxylic acids is 2. The minimum Gasteiger partial charge on any atom is -0.466 e. The van der Waals surface area contributed by atoms with E-state index in [9.17, 15) is 9.59 Å². The summed E-state index contributed by atoms with van der Waals surface area (Å²) in [5.41, 5.74) is 0. The van der Waals surface area contributed by atoms with Gasteiger partial charge in [-0.15, -0.1) is 0 Å². The van der Waals surface area contributed by atoms with Crippen molar-refractivity contribution in [2.45, 2.75) is 142 Å². The summed E-state index contributed by atoms with van der Waals surface area (Å²) < 4.78 is 10.4. The Morgan fingerprint density at radius 3 is 1.44 bits per heavy atom. The van der Waals surface area contributed by atoms with Crippen LogP contribution in [0.15, 0.2) is 12.2 Å². The minimum atomic E-state index is -0.175. The molecule has 0 saturated heterocycles. The second kappa shape index (κ2) is 25.9. The van der Waals surface area contributed by atoms with Gasteiger partial charge < -0.3 is 9.47 Å². The zero-order valence-corrected chi connectivity index (χ0v) is 21.3. The molecule has 0 rings (SSSR count). The molecule has 0 spiro atoms. The first-order valence-electron chi connectivity index (χ1n) is 13.7. The molecule has 0 saturated carbocycles. The minimum absolute atomic E-state index is 0.141. The van der Waals surface area contributed by atoms with Crippen LogP contribution in [0, 0.1) is 0 Å². The van der Waals surface area contributed by atoms with Gasteiger partial charge in [-0.25, -0.2) is 0 Å². The zero-order chi connectivity index (χ0) is 23.5. The Labute approximate surface area is 198 Å². The van der Waals surface area contributed by atoms with Crippen LogP contribution in [0.5, 0.6) is 0 Å². The van der Waals surface area contributed by atoms with E-state index in [1.807, 2.05) is 6.08 Å². The van der Waals surface area contributed by atoms with Gasteiger partial charge in [0, 0.05) is 12.8 Å². The molecule has 32 heavy (non-hydrogen) atoms. The maximum absolute atomic E-state index is 11.7. The fourth-order valence-electron chi connectivity index (χ4n) is 3.69. The average molecular weight is 453 g/mol. The second-order valence-corrected chi connectivity index (χ2v) is 8.91. The molecular formula is C28H52O4. The summed E-state index contributed by atoms with van der Waals surface area (Å²) in [6.45, 7) is 5.32. The van der Waals surface area contributed by atoms with E-state index in [0.717, 1.165) is 25.7 Å². The van der Waals surface area contributed by atoms with E-state index < -0.39 is 0 Å². The van der Waals surface area contributed by atoms with Crippen LogP contribution in [0.4, 0.5) is 0 Å². The Kier molecular flexibility index (Phi) is 24.9. The summed E-state index contributed by atoms with van der Waals surface area (Å²) in [4.78, 5) is 23.3. The summed E-state index contributed by atoms with van der Waals surface area (Å²) >= 11 is 0. The lowest BCUT2D eigenvalue weighted by molar-refractivity contribution is -0.145. The molecular weight excluding hydrogens is 400 g/mol. The molecule has 188 valence electrons. The Morgan fingerprint density at radius 1 is 0.531 bits per heavy atom. The molecule has 0 bridgehead atoms. The van der Waals surface area contributed by atoms with Crippen LogP contribution >= 0.6 is 0 Å². The molecule has 0 aromatic heterocycles. The van der Waals surface area contributed by atoms with Crippen molar-refractivity contribution in [3.8, 4) is 0 Å². The van der Waals surface area contributed by atoms with Crippen LogP contribution in [0.25, 0.3) is 0 Å². The monoisotopic (exact) mass is 452 g/mol. The predicted octanol–water partition coefficient (Wildman–Crippen LogP) is 8.47. The molecule has 0 aliphatic rings. The lowest BCUT2D eigenvalue weighted by Crippen LogP contribution is -2.07. The first kappa shape index (κ1) is 30.7. The molecule has 0 radical (unpaired) electrons. The third-order valence-electron chi connectivity index (χ3n) is 5.72. The van der Waals surface area contributed by atoms with Crippen LogP contribution in [-0.4, -0.2) is 25.2 Å². The number of allylic oxidation sites excluding steroid dienone is 1. The molecule has 0 unspecified atom stereocenters. The van der Waals surface area contributed by atoms with Gasteiger partial charge in [-0.05, 0) is 32.1 Å². The van der Waals surface area contributed by atoms with Gasteiger partial charge in [-0.2, -0.15) is 0 Å². The van der Waals surface area contributed by atoms with E-state index in [0.29, 0.717) is 38.9 Å². The quantitative estimate of drug-likeness (QED) is 0.0837. The largest absolute Gasteiger partial charge is 0.466 e. The first-order chi connectivity index (χ1) is 15.7. The average Bonchev–Trinajstić information content (AvgIpc) is 2.79. The van der Waals surface area contributed by atoms with E-state index in [1.165, 1.54) is 77.0 Å². The van der Waals surface area contributed by atoms with E-state index in [-0.39, 0.29) is 11.9 Å². The smallest absolute Gasteiger partial charge is 0.305 e. The number of ether oxygens (including phenoxy) is 2. The highest BCUT2D eigenvalue weighted by atomic mass is 16.5. The van der Waals surface area contributed by atoms with Gasteiger partial charge >= 0.3 is 11.9 Å². The molecule has 0 aliphatic carbocycles. The highest BCUT2D eigenvalue weighted by Gasteiger charge is 2.06. The normalized spacial score (nSPS) is 11.2. The van der Waals surface area contributed by atoms with Crippen molar-refractivity contribution < 1.29 is 19.1 Å². The van der Waals surface area contributed by atoms with E-state index >= 15 is 0 Å². The van der Waals surface area contributed by atoms with Crippen molar-refractivity contribution in [2.24, 2.45) is 0 Å². The molecule has 4 heteroatoms. The zero-order valence-electron chi connectivity index (χ0n) is 21.3. The van der Waals surface area contributed by atoms with E-state index in [4.69, 9.17) is 9.47 Å². The molecule has 0 N–H and O–H groups in total. The third-order valence-corrected chi connectivity index (χ3v) is 5.72. The van der Waals surface area contributed by atoms with Crippen molar-refractivity contribution >= 4 is 11.9 Å². The summed E-state index contributed by atoms with van der Waals surface area (Å²) in [6.07, 6.45) is 26.5. The van der Waals surface area contributed by atoms with Crippen LogP contribution in [0.2, 0.25) is 0 Å². The molecule has 0 aromatic rings. The van der Waals surface area contributed by atoms with E-state index in [2.05, 4.69) is 19.9 Å². The van der Waals surface area contributed by atoms with Gasteiger partial charge in [0.15, 0.2) is 0 Å². The van der Waals surface area contributed by atoms with Gasteiger partial charge in [0.05, 0.1) is 13.2 Å². The van der Waals surface area contributed by atoms with Gasteiger partial charge in [0.1, 0.15) is 0 Å². The van der Waals surface area contributed by atoms with Crippen LogP contribution in [0.3, 0.4) is 0 Å². The topological polar surface area (TPSA) is 52.6 Å². The van der Waals surface area contributed by atoms with Gasteiger partial charge in [0.2, 0.25) is 0 Å². The standard InChI is InChI=1S/C28H52O4/c1-3-5-7-9-10-11-12-13-14-15-16-17-18-22-26-32-28(30)24-20-19-23-27(29)31-25-21-8-6-4-2/h6,8H,3-5,7,9-26H2,1-2H3/b8-6+. The summed E-state index contributed by atoms with van der Waals surface area (Å²) in [5, 5.41) is 0. The fourth-order valence-corrected chi connectivity index (χ4v) is 3.69. The highest BCUT2D eigenvalue weighted by molar-refractivity contribution is 5.70. The molecule has 0 heterocycles. The lowest BCUT2D eigenvalue weighted by Gasteiger charge is -2.06. The van der Waals surface area contributed by atoms with Crippen LogP contribution in [-0.2, 0) is 19.1 Å². The Morgan fingerprint density at radius 2 is 0.969 bits per heavy atom. The molecule has 0 amide bonds.